The summed E-state index contributed by atoms with van der Waals surface area (Å²) in [5.74, 6) is 1.37. The SMILES string of the molecule is Cc1cc(C)n(C[C@H]2CCCN2Cc2nc(N)c3ccccc3n2)n1. The van der Waals surface area contributed by atoms with E-state index in [4.69, 9.17) is 10.7 Å². The standard InChI is InChI=1S/C19H24N6/c1-13-10-14(2)25(23-13)11-15-6-5-9-24(15)12-18-21-17-8-4-3-7-16(17)19(20)22-18/h3-4,7-8,10,15H,5-6,9,11-12H2,1-2H3,(H2,20,21,22)/t15-/m1/s1. The molecule has 4 rings (SSSR count). The van der Waals surface area contributed by atoms with E-state index in [1.54, 1.807) is 0 Å². The zero-order valence-electron chi connectivity index (χ0n) is 14.8. The van der Waals surface area contributed by atoms with Crippen LogP contribution in [0.15, 0.2) is 30.3 Å². The molecule has 3 heterocycles. The predicted octanol–water partition coefficient (Wildman–Crippen LogP) is 2.69. The number of nitrogen functional groups attached to an aromatic ring is 1. The highest BCUT2D eigenvalue weighted by molar-refractivity contribution is 5.87. The fourth-order valence-electron chi connectivity index (χ4n) is 3.77. The van der Waals surface area contributed by atoms with Gasteiger partial charge < -0.3 is 5.73 Å². The lowest BCUT2D eigenvalue weighted by Gasteiger charge is -2.24. The molecule has 6 nitrogen and oxygen atoms in total. The molecule has 130 valence electrons. The van der Waals surface area contributed by atoms with Crippen molar-refractivity contribution in [2.75, 3.05) is 12.3 Å². The average Bonchev–Trinajstić information content (AvgIpc) is 3.14. The lowest BCUT2D eigenvalue weighted by molar-refractivity contribution is 0.213. The van der Waals surface area contributed by atoms with Gasteiger partial charge in [0, 0.05) is 17.1 Å². The third-order valence-corrected chi connectivity index (χ3v) is 5.01. The largest absolute Gasteiger partial charge is 0.383 e. The van der Waals surface area contributed by atoms with E-state index in [2.05, 4.69) is 32.7 Å². The van der Waals surface area contributed by atoms with Crippen LogP contribution in [0.3, 0.4) is 0 Å². The fraction of sp³-hybridized carbons (Fsp3) is 0.421. The summed E-state index contributed by atoms with van der Waals surface area (Å²) >= 11 is 0. The van der Waals surface area contributed by atoms with Crippen molar-refractivity contribution >= 4 is 16.7 Å². The number of aromatic nitrogens is 4. The summed E-state index contributed by atoms with van der Waals surface area (Å²) in [6.07, 6.45) is 2.38. The van der Waals surface area contributed by atoms with Crippen molar-refractivity contribution in [3.05, 3.63) is 47.5 Å². The molecule has 1 aliphatic heterocycles. The molecule has 1 atom stereocenters. The van der Waals surface area contributed by atoms with Crippen LogP contribution in [0.4, 0.5) is 5.82 Å². The van der Waals surface area contributed by atoms with Gasteiger partial charge in [-0.25, -0.2) is 9.97 Å². The van der Waals surface area contributed by atoms with Gasteiger partial charge in [0.15, 0.2) is 0 Å². The van der Waals surface area contributed by atoms with Gasteiger partial charge in [-0.3, -0.25) is 9.58 Å². The van der Waals surface area contributed by atoms with Crippen LogP contribution in [0.1, 0.15) is 30.1 Å². The number of hydrogen-bond donors (Lipinski definition) is 1. The molecule has 0 aliphatic carbocycles. The number of nitrogens with zero attached hydrogens (tertiary/aromatic N) is 5. The fourth-order valence-corrected chi connectivity index (χ4v) is 3.77. The Morgan fingerprint density at radius 3 is 2.84 bits per heavy atom. The number of rotatable bonds is 4. The topological polar surface area (TPSA) is 72.9 Å². The Morgan fingerprint density at radius 1 is 1.20 bits per heavy atom. The van der Waals surface area contributed by atoms with Gasteiger partial charge in [0.25, 0.3) is 0 Å². The number of likely N-dealkylation sites (tertiary alicyclic amines) is 1. The number of anilines is 1. The van der Waals surface area contributed by atoms with Crippen LogP contribution in [0, 0.1) is 13.8 Å². The van der Waals surface area contributed by atoms with E-state index in [-0.39, 0.29) is 0 Å². The Hall–Kier alpha value is -2.47. The molecule has 1 aromatic carbocycles. The van der Waals surface area contributed by atoms with E-state index in [0.29, 0.717) is 11.9 Å². The van der Waals surface area contributed by atoms with Crippen molar-refractivity contribution in [1.82, 2.24) is 24.6 Å². The van der Waals surface area contributed by atoms with E-state index in [0.717, 1.165) is 42.1 Å². The Labute approximate surface area is 147 Å². The first-order chi connectivity index (χ1) is 12.1. The molecule has 0 saturated carbocycles. The van der Waals surface area contributed by atoms with Gasteiger partial charge in [0.05, 0.1) is 24.3 Å². The number of nitrogens with two attached hydrogens (primary N) is 1. The van der Waals surface area contributed by atoms with E-state index in [1.165, 1.54) is 18.5 Å². The van der Waals surface area contributed by atoms with E-state index >= 15 is 0 Å². The smallest absolute Gasteiger partial charge is 0.145 e. The van der Waals surface area contributed by atoms with Crippen LogP contribution in [0.5, 0.6) is 0 Å². The summed E-state index contributed by atoms with van der Waals surface area (Å²) in [4.78, 5) is 11.7. The van der Waals surface area contributed by atoms with Crippen LogP contribution >= 0.6 is 0 Å². The van der Waals surface area contributed by atoms with Gasteiger partial charge in [-0.2, -0.15) is 5.10 Å². The summed E-state index contributed by atoms with van der Waals surface area (Å²) in [6.45, 7) is 6.88. The molecule has 0 spiro atoms. The lowest BCUT2D eigenvalue weighted by Crippen LogP contribution is -2.33. The summed E-state index contributed by atoms with van der Waals surface area (Å²) < 4.78 is 2.12. The minimum Gasteiger partial charge on any atom is -0.383 e. The number of aryl methyl sites for hydroxylation is 2. The predicted molar refractivity (Wildman–Crippen MR) is 99.1 cm³/mol. The van der Waals surface area contributed by atoms with Crippen molar-refractivity contribution in [2.45, 2.75) is 45.8 Å². The van der Waals surface area contributed by atoms with Crippen LogP contribution in [0.2, 0.25) is 0 Å². The van der Waals surface area contributed by atoms with Crippen LogP contribution in [-0.2, 0) is 13.1 Å². The molecule has 1 aliphatic rings. The molecule has 2 N–H and O–H groups in total. The molecule has 6 heteroatoms. The maximum absolute atomic E-state index is 6.13. The molecule has 2 aromatic heterocycles. The molecule has 1 fully saturated rings. The molecule has 0 unspecified atom stereocenters. The third-order valence-electron chi connectivity index (χ3n) is 5.01. The van der Waals surface area contributed by atoms with E-state index < -0.39 is 0 Å². The minimum absolute atomic E-state index is 0.467. The Bertz CT molecular complexity index is 900. The molecule has 1 saturated heterocycles. The Balaban J connectivity index is 1.54. The molecule has 25 heavy (non-hydrogen) atoms. The van der Waals surface area contributed by atoms with E-state index in [1.807, 2.05) is 31.2 Å². The second-order valence-corrected chi connectivity index (χ2v) is 6.92. The summed E-state index contributed by atoms with van der Waals surface area (Å²) in [6, 6.07) is 10.5. The van der Waals surface area contributed by atoms with Crippen LogP contribution in [-0.4, -0.2) is 37.2 Å². The average molecular weight is 336 g/mol. The van der Waals surface area contributed by atoms with Crippen LogP contribution in [0.25, 0.3) is 10.9 Å². The monoisotopic (exact) mass is 336 g/mol. The first-order valence-electron chi connectivity index (χ1n) is 8.86. The number of para-hydroxylation sites is 1. The number of benzene rings is 1. The van der Waals surface area contributed by atoms with Crippen molar-refractivity contribution in [2.24, 2.45) is 0 Å². The first kappa shape index (κ1) is 16.0. The van der Waals surface area contributed by atoms with Crippen molar-refractivity contribution < 1.29 is 0 Å². The highest BCUT2D eigenvalue weighted by Crippen LogP contribution is 2.23. The summed E-state index contributed by atoms with van der Waals surface area (Å²) in [5, 5.41) is 5.53. The zero-order valence-corrected chi connectivity index (χ0v) is 14.8. The van der Waals surface area contributed by atoms with E-state index in [9.17, 15) is 0 Å². The normalized spacial score (nSPS) is 18.2. The molecular weight excluding hydrogens is 312 g/mol. The zero-order chi connectivity index (χ0) is 17.4. The van der Waals surface area contributed by atoms with Gasteiger partial charge in [-0.05, 0) is 51.4 Å². The maximum Gasteiger partial charge on any atom is 0.145 e. The van der Waals surface area contributed by atoms with Gasteiger partial charge in [-0.15, -0.1) is 0 Å². The second-order valence-electron chi connectivity index (χ2n) is 6.92. The quantitative estimate of drug-likeness (QED) is 0.793. The molecule has 3 aromatic rings. The van der Waals surface area contributed by atoms with Crippen LogP contribution < -0.4 is 5.73 Å². The summed E-state index contributed by atoms with van der Waals surface area (Å²) in [7, 11) is 0. The third kappa shape index (κ3) is 3.22. The van der Waals surface area contributed by atoms with Gasteiger partial charge >= 0.3 is 0 Å². The molecule has 0 bridgehead atoms. The van der Waals surface area contributed by atoms with Crippen molar-refractivity contribution in [3.63, 3.8) is 0 Å². The highest BCUT2D eigenvalue weighted by atomic mass is 15.3. The van der Waals surface area contributed by atoms with Gasteiger partial charge in [-0.1, -0.05) is 12.1 Å². The molecular formula is C19H24N6. The highest BCUT2D eigenvalue weighted by Gasteiger charge is 2.26. The maximum atomic E-state index is 6.13. The summed E-state index contributed by atoms with van der Waals surface area (Å²) in [5.41, 5.74) is 9.34. The first-order valence-corrected chi connectivity index (χ1v) is 8.86. The molecule has 0 radical (unpaired) electrons. The van der Waals surface area contributed by atoms with Gasteiger partial charge in [0.2, 0.25) is 0 Å². The van der Waals surface area contributed by atoms with Crippen molar-refractivity contribution in [3.8, 4) is 0 Å². The lowest BCUT2D eigenvalue weighted by atomic mass is 10.2. The number of hydrogen-bond acceptors (Lipinski definition) is 5. The minimum atomic E-state index is 0.467. The van der Waals surface area contributed by atoms with Gasteiger partial charge in [0.1, 0.15) is 11.6 Å². The molecule has 0 amide bonds. The Kier molecular flexibility index (Phi) is 4.13. The Morgan fingerprint density at radius 2 is 2.04 bits per heavy atom. The second kappa shape index (κ2) is 6.44. The van der Waals surface area contributed by atoms with Crippen molar-refractivity contribution in [1.29, 1.82) is 0 Å². The number of fused-ring (bicyclic) bond motifs is 1.